The van der Waals surface area contributed by atoms with Gasteiger partial charge in [-0.05, 0) is 25.7 Å². The molecule has 0 bridgehead atoms. The summed E-state index contributed by atoms with van der Waals surface area (Å²) in [6.45, 7) is 4.41. The monoisotopic (exact) mass is 456 g/mol. The SMILES string of the molecule is CCCCCCCCCCCCCC(CCC(O)CCCCCCC)S(=O)(=O)[O-].[Na+]. The molecule has 2 unspecified atom stereocenters. The van der Waals surface area contributed by atoms with E-state index in [-0.39, 0.29) is 29.6 Å². The van der Waals surface area contributed by atoms with E-state index in [1.807, 2.05) is 0 Å². The standard InChI is InChI=1S/C24H50O4S.Na/c1-3-5-7-9-10-11-12-13-14-16-18-20-24(29(26,27)28)22-21-23(25)19-17-15-8-6-4-2;/h23-25H,3-22H2,1-2H3,(H,26,27,28);/q;+1/p-1. The summed E-state index contributed by atoms with van der Waals surface area (Å²) in [6, 6.07) is 0. The van der Waals surface area contributed by atoms with Crippen LogP contribution < -0.4 is 29.6 Å². The second-order valence-corrected chi connectivity index (χ2v) is 10.5. The van der Waals surface area contributed by atoms with Crippen LogP contribution >= 0.6 is 0 Å². The first kappa shape index (κ1) is 33.0. The fraction of sp³-hybridized carbons (Fsp3) is 1.00. The summed E-state index contributed by atoms with van der Waals surface area (Å²) >= 11 is 0. The molecule has 0 amide bonds. The van der Waals surface area contributed by atoms with Crippen molar-refractivity contribution < 1.29 is 47.6 Å². The van der Waals surface area contributed by atoms with Crippen LogP contribution in [0.4, 0.5) is 0 Å². The van der Waals surface area contributed by atoms with Crippen molar-refractivity contribution >= 4 is 10.1 Å². The zero-order valence-electron chi connectivity index (χ0n) is 20.4. The van der Waals surface area contributed by atoms with Crippen LogP contribution in [-0.2, 0) is 10.1 Å². The van der Waals surface area contributed by atoms with Gasteiger partial charge in [-0.3, -0.25) is 0 Å². The van der Waals surface area contributed by atoms with Crippen LogP contribution in [0.25, 0.3) is 0 Å². The van der Waals surface area contributed by atoms with Crippen LogP contribution in [0.2, 0.25) is 0 Å². The van der Waals surface area contributed by atoms with E-state index < -0.39 is 21.5 Å². The van der Waals surface area contributed by atoms with Gasteiger partial charge in [-0.25, -0.2) is 8.42 Å². The Hall–Kier alpha value is 0.870. The molecule has 0 aliphatic heterocycles. The van der Waals surface area contributed by atoms with Crippen molar-refractivity contribution in [3.8, 4) is 0 Å². The first-order valence-electron chi connectivity index (χ1n) is 12.5. The molecule has 0 aliphatic carbocycles. The Labute approximate surface area is 210 Å². The third-order valence-electron chi connectivity index (χ3n) is 6.00. The van der Waals surface area contributed by atoms with E-state index in [0.717, 1.165) is 32.1 Å². The van der Waals surface area contributed by atoms with Crippen LogP contribution in [0.5, 0.6) is 0 Å². The molecule has 6 heteroatoms. The van der Waals surface area contributed by atoms with Gasteiger partial charge < -0.3 is 9.66 Å². The van der Waals surface area contributed by atoms with Crippen molar-refractivity contribution in [1.29, 1.82) is 0 Å². The predicted molar refractivity (Wildman–Crippen MR) is 123 cm³/mol. The zero-order valence-corrected chi connectivity index (χ0v) is 23.2. The molecule has 0 saturated heterocycles. The van der Waals surface area contributed by atoms with E-state index in [0.29, 0.717) is 25.7 Å². The normalized spacial score (nSPS) is 13.7. The van der Waals surface area contributed by atoms with Crippen molar-refractivity contribution in [3.05, 3.63) is 0 Å². The minimum Gasteiger partial charge on any atom is -0.748 e. The molecule has 0 radical (unpaired) electrons. The quantitative estimate of drug-likeness (QED) is 0.151. The molecule has 0 saturated carbocycles. The number of aliphatic hydroxyl groups excluding tert-OH is 1. The van der Waals surface area contributed by atoms with Crippen molar-refractivity contribution in [2.75, 3.05) is 0 Å². The van der Waals surface area contributed by atoms with Gasteiger partial charge in [0.05, 0.1) is 16.2 Å². The molecule has 0 aliphatic rings. The summed E-state index contributed by atoms with van der Waals surface area (Å²) in [5.41, 5.74) is 0. The van der Waals surface area contributed by atoms with E-state index in [1.165, 1.54) is 70.6 Å². The Morgan fingerprint density at radius 1 is 0.600 bits per heavy atom. The molecule has 176 valence electrons. The summed E-state index contributed by atoms with van der Waals surface area (Å²) in [6.07, 6.45) is 20.5. The number of unbranched alkanes of at least 4 members (excludes halogenated alkanes) is 14. The molecule has 0 heterocycles. The van der Waals surface area contributed by atoms with E-state index in [4.69, 9.17) is 0 Å². The van der Waals surface area contributed by atoms with Crippen LogP contribution in [-0.4, -0.2) is 29.4 Å². The average Bonchev–Trinajstić information content (AvgIpc) is 2.67. The van der Waals surface area contributed by atoms with Crippen LogP contribution in [0.15, 0.2) is 0 Å². The molecule has 2 atom stereocenters. The fourth-order valence-electron chi connectivity index (χ4n) is 3.98. The number of hydrogen-bond acceptors (Lipinski definition) is 4. The molecule has 0 spiro atoms. The Morgan fingerprint density at radius 3 is 1.37 bits per heavy atom. The van der Waals surface area contributed by atoms with Gasteiger partial charge in [-0.15, -0.1) is 0 Å². The predicted octanol–water partition coefficient (Wildman–Crippen LogP) is 4.11. The molecule has 1 N–H and O–H groups in total. The molecule has 0 aromatic heterocycles. The van der Waals surface area contributed by atoms with Gasteiger partial charge >= 0.3 is 29.6 Å². The van der Waals surface area contributed by atoms with E-state index in [1.54, 1.807) is 0 Å². The molecular formula is C24H49NaO4S. The summed E-state index contributed by atoms with van der Waals surface area (Å²) in [7, 11) is -4.27. The van der Waals surface area contributed by atoms with E-state index >= 15 is 0 Å². The van der Waals surface area contributed by atoms with Crippen molar-refractivity contribution in [1.82, 2.24) is 0 Å². The van der Waals surface area contributed by atoms with E-state index in [2.05, 4.69) is 13.8 Å². The Bertz CT molecular complexity index is 442. The maximum absolute atomic E-state index is 11.6. The van der Waals surface area contributed by atoms with Crippen molar-refractivity contribution in [2.45, 2.75) is 154 Å². The Balaban J connectivity index is 0. The molecule has 0 aromatic carbocycles. The molecule has 0 rings (SSSR count). The van der Waals surface area contributed by atoms with Gasteiger partial charge in [0.25, 0.3) is 0 Å². The first-order chi connectivity index (χ1) is 13.9. The van der Waals surface area contributed by atoms with Gasteiger partial charge in [0, 0.05) is 5.25 Å². The summed E-state index contributed by atoms with van der Waals surface area (Å²) in [5, 5.41) is 9.26. The van der Waals surface area contributed by atoms with Gasteiger partial charge in [0.15, 0.2) is 0 Å². The molecule has 30 heavy (non-hydrogen) atoms. The van der Waals surface area contributed by atoms with Crippen molar-refractivity contribution in [3.63, 3.8) is 0 Å². The second-order valence-electron chi connectivity index (χ2n) is 8.87. The van der Waals surface area contributed by atoms with E-state index in [9.17, 15) is 18.1 Å². The van der Waals surface area contributed by atoms with Gasteiger partial charge in [-0.2, -0.15) is 0 Å². The summed E-state index contributed by atoms with van der Waals surface area (Å²) < 4.78 is 34.7. The summed E-state index contributed by atoms with van der Waals surface area (Å²) in [4.78, 5) is 0. The van der Waals surface area contributed by atoms with Gasteiger partial charge in [0.2, 0.25) is 0 Å². The van der Waals surface area contributed by atoms with Crippen molar-refractivity contribution in [2.24, 2.45) is 0 Å². The topological polar surface area (TPSA) is 77.4 Å². The maximum atomic E-state index is 11.6. The molecule has 4 nitrogen and oxygen atoms in total. The minimum absolute atomic E-state index is 0. The third-order valence-corrected chi connectivity index (χ3v) is 7.29. The largest absolute Gasteiger partial charge is 1.00 e. The zero-order chi connectivity index (χ0) is 21.8. The average molecular weight is 457 g/mol. The number of hydrogen-bond donors (Lipinski definition) is 1. The molecular weight excluding hydrogens is 407 g/mol. The molecule has 0 fully saturated rings. The van der Waals surface area contributed by atoms with Crippen LogP contribution in [0, 0.1) is 0 Å². The Morgan fingerprint density at radius 2 is 0.967 bits per heavy atom. The number of aliphatic hydroxyl groups is 1. The minimum atomic E-state index is -4.27. The van der Waals surface area contributed by atoms with Crippen LogP contribution in [0.3, 0.4) is 0 Å². The maximum Gasteiger partial charge on any atom is 1.00 e. The summed E-state index contributed by atoms with van der Waals surface area (Å²) in [5.74, 6) is 0. The smallest absolute Gasteiger partial charge is 0.748 e. The second kappa shape index (κ2) is 23.0. The first-order valence-corrected chi connectivity index (χ1v) is 14.0. The van der Waals surface area contributed by atoms with Gasteiger partial charge in [-0.1, -0.05) is 117 Å². The van der Waals surface area contributed by atoms with Gasteiger partial charge in [0.1, 0.15) is 0 Å². The fourth-order valence-corrected chi connectivity index (χ4v) is 4.86. The molecule has 0 aromatic rings. The number of rotatable bonds is 22. The van der Waals surface area contributed by atoms with Crippen LogP contribution in [0.1, 0.15) is 142 Å². The third kappa shape index (κ3) is 22.1. The Kier molecular flexibility index (Phi) is 25.4.